The molecule has 2 nitrogen and oxygen atoms in total. The molecular formula is C13H23F3N2. The van der Waals surface area contributed by atoms with E-state index < -0.39 is 12.6 Å². The molecule has 0 aromatic carbocycles. The van der Waals surface area contributed by atoms with Crippen molar-refractivity contribution in [2.75, 3.05) is 32.7 Å². The van der Waals surface area contributed by atoms with E-state index in [1.807, 2.05) is 0 Å². The summed E-state index contributed by atoms with van der Waals surface area (Å²) in [4.78, 5) is 2.24. The Morgan fingerprint density at radius 1 is 1.17 bits per heavy atom. The Balaban J connectivity index is 1.76. The predicted molar refractivity (Wildman–Crippen MR) is 65.5 cm³/mol. The van der Waals surface area contributed by atoms with Crippen LogP contribution in [0.3, 0.4) is 0 Å². The van der Waals surface area contributed by atoms with Gasteiger partial charge in [0, 0.05) is 19.5 Å². The highest BCUT2D eigenvalue weighted by atomic mass is 19.4. The Labute approximate surface area is 107 Å². The predicted octanol–water partition coefficient (Wildman–Crippen LogP) is 2.79. The molecule has 1 spiro atoms. The zero-order valence-electron chi connectivity index (χ0n) is 10.9. The van der Waals surface area contributed by atoms with Gasteiger partial charge in [-0.2, -0.15) is 13.2 Å². The molecule has 18 heavy (non-hydrogen) atoms. The molecule has 0 bridgehead atoms. The second-order valence-electron chi connectivity index (χ2n) is 5.88. The van der Waals surface area contributed by atoms with Crippen LogP contribution >= 0.6 is 0 Å². The normalized spacial score (nSPS) is 30.8. The highest BCUT2D eigenvalue weighted by Crippen LogP contribution is 2.36. The molecule has 0 aliphatic carbocycles. The Morgan fingerprint density at radius 2 is 1.94 bits per heavy atom. The van der Waals surface area contributed by atoms with Crippen molar-refractivity contribution >= 4 is 0 Å². The van der Waals surface area contributed by atoms with Crippen LogP contribution in [0.1, 0.15) is 38.5 Å². The number of hydrogen-bond acceptors (Lipinski definition) is 2. The van der Waals surface area contributed by atoms with E-state index in [1.54, 1.807) is 0 Å². The first-order valence-electron chi connectivity index (χ1n) is 6.99. The van der Waals surface area contributed by atoms with E-state index in [0.717, 1.165) is 32.6 Å². The van der Waals surface area contributed by atoms with Gasteiger partial charge in [-0.15, -0.1) is 0 Å². The first-order chi connectivity index (χ1) is 8.49. The highest BCUT2D eigenvalue weighted by molar-refractivity contribution is 4.91. The molecule has 2 saturated heterocycles. The standard InChI is InChI=1S/C13H23F3N2/c14-13(15,16)6-3-9-18-8-2-5-12(11-18)4-1-7-17-10-12/h17H,1-11H2. The Morgan fingerprint density at radius 3 is 2.61 bits per heavy atom. The monoisotopic (exact) mass is 264 g/mol. The zero-order chi connectivity index (χ0) is 13.1. The SMILES string of the molecule is FC(F)(F)CCCN1CCCC2(CCCNC2)C1. The molecule has 2 fully saturated rings. The van der Waals surface area contributed by atoms with Crippen LogP contribution in [0.2, 0.25) is 0 Å². The Hall–Kier alpha value is -0.290. The molecule has 2 aliphatic rings. The lowest BCUT2D eigenvalue weighted by Crippen LogP contribution is -2.51. The smallest absolute Gasteiger partial charge is 0.316 e. The Bertz CT molecular complexity index is 254. The van der Waals surface area contributed by atoms with Crippen molar-refractivity contribution in [2.45, 2.75) is 44.7 Å². The van der Waals surface area contributed by atoms with Crippen molar-refractivity contribution in [1.29, 1.82) is 0 Å². The van der Waals surface area contributed by atoms with Crippen molar-refractivity contribution in [2.24, 2.45) is 5.41 Å². The fourth-order valence-corrected chi connectivity index (χ4v) is 3.38. The number of nitrogens with zero attached hydrogens (tertiary/aromatic N) is 1. The van der Waals surface area contributed by atoms with Gasteiger partial charge in [0.15, 0.2) is 0 Å². The number of piperidine rings is 2. The fourth-order valence-electron chi connectivity index (χ4n) is 3.38. The van der Waals surface area contributed by atoms with Crippen LogP contribution < -0.4 is 5.32 Å². The minimum atomic E-state index is -4.00. The average molecular weight is 264 g/mol. The Kier molecular flexibility index (Phi) is 4.54. The summed E-state index contributed by atoms with van der Waals surface area (Å²) in [7, 11) is 0. The van der Waals surface area contributed by atoms with Crippen molar-refractivity contribution in [3.63, 3.8) is 0 Å². The minimum absolute atomic E-state index is 0.243. The summed E-state index contributed by atoms with van der Waals surface area (Å²) in [5.41, 5.74) is 0.342. The van der Waals surface area contributed by atoms with Gasteiger partial charge < -0.3 is 10.2 Å². The van der Waals surface area contributed by atoms with Gasteiger partial charge in [0.2, 0.25) is 0 Å². The lowest BCUT2D eigenvalue weighted by Gasteiger charge is -2.45. The third kappa shape index (κ3) is 4.12. The van der Waals surface area contributed by atoms with E-state index in [2.05, 4.69) is 10.2 Å². The van der Waals surface area contributed by atoms with Crippen molar-refractivity contribution in [1.82, 2.24) is 10.2 Å². The third-order valence-corrected chi connectivity index (χ3v) is 4.24. The second kappa shape index (κ2) is 5.78. The van der Waals surface area contributed by atoms with Gasteiger partial charge in [-0.3, -0.25) is 0 Å². The maximum absolute atomic E-state index is 12.1. The summed E-state index contributed by atoms with van der Waals surface area (Å²) in [6.45, 7) is 4.69. The molecule has 2 aliphatic heterocycles. The molecule has 2 rings (SSSR count). The van der Waals surface area contributed by atoms with Gasteiger partial charge in [-0.05, 0) is 57.2 Å². The molecular weight excluding hydrogens is 241 g/mol. The molecule has 1 unspecified atom stereocenters. The summed E-state index contributed by atoms with van der Waals surface area (Å²) in [5, 5.41) is 3.44. The number of nitrogens with one attached hydrogen (secondary N) is 1. The molecule has 0 saturated carbocycles. The molecule has 0 aromatic rings. The van der Waals surface area contributed by atoms with E-state index >= 15 is 0 Å². The van der Waals surface area contributed by atoms with Crippen molar-refractivity contribution in [3.8, 4) is 0 Å². The third-order valence-electron chi connectivity index (χ3n) is 4.24. The van der Waals surface area contributed by atoms with Crippen molar-refractivity contribution in [3.05, 3.63) is 0 Å². The number of likely N-dealkylation sites (tertiary alicyclic amines) is 1. The minimum Gasteiger partial charge on any atom is -0.316 e. The fraction of sp³-hybridized carbons (Fsp3) is 1.00. The first-order valence-corrected chi connectivity index (χ1v) is 6.99. The lowest BCUT2D eigenvalue weighted by molar-refractivity contribution is -0.136. The van der Waals surface area contributed by atoms with Crippen molar-refractivity contribution < 1.29 is 13.2 Å². The molecule has 0 radical (unpaired) electrons. The van der Waals surface area contributed by atoms with Gasteiger partial charge >= 0.3 is 6.18 Å². The second-order valence-corrected chi connectivity index (χ2v) is 5.88. The van der Waals surface area contributed by atoms with E-state index in [0.29, 0.717) is 12.0 Å². The van der Waals surface area contributed by atoms with Gasteiger partial charge in [0.25, 0.3) is 0 Å². The van der Waals surface area contributed by atoms with E-state index in [9.17, 15) is 13.2 Å². The van der Waals surface area contributed by atoms with Crippen LogP contribution in [0, 0.1) is 5.41 Å². The van der Waals surface area contributed by atoms with Crippen LogP contribution in [0.4, 0.5) is 13.2 Å². The van der Waals surface area contributed by atoms with E-state index in [1.165, 1.54) is 19.3 Å². The molecule has 1 atom stereocenters. The van der Waals surface area contributed by atoms with E-state index in [4.69, 9.17) is 0 Å². The highest BCUT2D eigenvalue weighted by Gasteiger charge is 2.36. The van der Waals surface area contributed by atoms with Crippen LogP contribution in [0.15, 0.2) is 0 Å². The summed E-state index contributed by atoms with van der Waals surface area (Å²) in [6, 6.07) is 0. The van der Waals surface area contributed by atoms with E-state index in [-0.39, 0.29) is 6.42 Å². The topological polar surface area (TPSA) is 15.3 Å². The van der Waals surface area contributed by atoms with Gasteiger partial charge in [0.05, 0.1) is 0 Å². The number of halogens is 3. The van der Waals surface area contributed by atoms with Crippen LogP contribution in [0.25, 0.3) is 0 Å². The molecule has 2 heterocycles. The number of rotatable bonds is 3. The number of alkyl halides is 3. The summed E-state index contributed by atoms with van der Waals surface area (Å²) in [5.74, 6) is 0. The molecule has 106 valence electrons. The molecule has 5 heteroatoms. The summed E-state index contributed by atoms with van der Waals surface area (Å²) in [6.07, 6.45) is 0.400. The van der Waals surface area contributed by atoms with Gasteiger partial charge in [-0.25, -0.2) is 0 Å². The molecule has 1 N–H and O–H groups in total. The lowest BCUT2D eigenvalue weighted by atomic mass is 9.74. The zero-order valence-corrected chi connectivity index (χ0v) is 10.9. The first kappa shape index (κ1) is 14.1. The average Bonchev–Trinajstić information content (AvgIpc) is 2.28. The number of hydrogen-bond donors (Lipinski definition) is 1. The largest absolute Gasteiger partial charge is 0.389 e. The summed E-state index contributed by atoms with van der Waals surface area (Å²) >= 11 is 0. The van der Waals surface area contributed by atoms with Crippen LogP contribution in [-0.2, 0) is 0 Å². The molecule has 0 amide bonds. The summed E-state index contributed by atoms with van der Waals surface area (Å²) < 4.78 is 36.4. The van der Waals surface area contributed by atoms with Gasteiger partial charge in [0.1, 0.15) is 0 Å². The van der Waals surface area contributed by atoms with Crippen LogP contribution in [-0.4, -0.2) is 43.8 Å². The van der Waals surface area contributed by atoms with Crippen LogP contribution in [0.5, 0.6) is 0 Å². The maximum atomic E-state index is 12.1. The quantitative estimate of drug-likeness (QED) is 0.843. The maximum Gasteiger partial charge on any atom is 0.389 e. The molecule has 0 aromatic heterocycles. The van der Waals surface area contributed by atoms with Gasteiger partial charge in [-0.1, -0.05) is 0 Å².